The van der Waals surface area contributed by atoms with Gasteiger partial charge in [0.05, 0.1) is 18.6 Å². The van der Waals surface area contributed by atoms with E-state index in [1.54, 1.807) is 19.1 Å². The lowest BCUT2D eigenvalue weighted by Crippen LogP contribution is -2.09. The van der Waals surface area contributed by atoms with Crippen LogP contribution >= 0.6 is 24.2 Å². The largest absolute Gasteiger partial charge is 0.466 e. The van der Waals surface area contributed by atoms with Crippen molar-refractivity contribution in [2.75, 3.05) is 6.61 Å². The van der Waals surface area contributed by atoms with Crippen molar-refractivity contribution >= 4 is 30.2 Å². The minimum Gasteiger partial charge on any atom is -0.466 e. The van der Waals surface area contributed by atoms with Gasteiger partial charge in [0.1, 0.15) is 6.07 Å². The molecular weight excluding hydrogens is 258 g/mol. The Hall–Kier alpha value is -1.18. The zero-order chi connectivity index (χ0) is 12.8. The second-order valence-electron chi connectivity index (χ2n) is 3.33. The van der Waals surface area contributed by atoms with Gasteiger partial charge in [-0.15, -0.1) is 24.2 Å². The second-order valence-corrected chi connectivity index (χ2v) is 4.05. The van der Waals surface area contributed by atoms with Gasteiger partial charge >= 0.3 is 5.97 Å². The van der Waals surface area contributed by atoms with E-state index in [-0.39, 0.29) is 18.3 Å². The van der Waals surface area contributed by atoms with Gasteiger partial charge in [-0.1, -0.05) is 12.1 Å². The van der Waals surface area contributed by atoms with Crippen molar-refractivity contribution < 1.29 is 9.53 Å². The fourth-order valence-corrected chi connectivity index (χ4v) is 2.09. The molecule has 0 fully saturated rings. The molecule has 3 nitrogen and oxygen atoms in total. The highest BCUT2D eigenvalue weighted by atomic mass is 35.5. The van der Waals surface area contributed by atoms with Gasteiger partial charge in [0.25, 0.3) is 0 Å². The second kappa shape index (κ2) is 6.53. The van der Waals surface area contributed by atoms with Crippen LogP contribution in [-0.2, 0) is 21.8 Å². The molecule has 0 aromatic heterocycles. The number of thiol groups is 1. The SMILES string of the molecule is CCOC(=O)Cc1ccc(CCl)c(S)c1C#N. The molecule has 0 aliphatic carbocycles. The molecule has 0 heterocycles. The lowest BCUT2D eigenvalue weighted by atomic mass is 10.0. The highest BCUT2D eigenvalue weighted by Gasteiger charge is 2.13. The maximum atomic E-state index is 11.4. The summed E-state index contributed by atoms with van der Waals surface area (Å²) in [7, 11) is 0. The number of rotatable bonds is 4. The molecule has 17 heavy (non-hydrogen) atoms. The number of benzene rings is 1. The Morgan fingerprint density at radius 2 is 2.18 bits per heavy atom. The molecule has 5 heteroatoms. The summed E-state index contributed by atoms with van der Waals surface area (Å²) in [6, 6.07) is 5.53. The zero-order valence-electron chi connectivity index (χ0n) is 9.36. The standard InChI is InChI=1S/C12H12ClNO2S/c1-2-16-11(15)5-8-3-4-9(6-13)12(17)10(8)7-14/h3-4,17H,2,5-6H2,1H3. The Morgan fingerprint density at radius 1 is 1.53 bits per heavy atom. The van der Waals surface area contributed by atoms with Gasteiger partial charge in [-0.3, -0.25) is 4.79 Å². The first-order valence-electron chi connectivity index (χ1n) is 5.09. The van der Waals surface area contributed by atoms with Crippen LogP contribution in [0.1, 0.15) is 23.6 Å². The van der Waals surface area contributed by atoms with E-state index in [0.29, 0.717) is 22.6 Å². The molecule has 0 aliphatic heterocycles. The molecule has 0 saturated carbocycles. The van der Waals surface area contributed by atoms with E-state index < -0.39 is 0 Å². The number of carbonyl (C=O) groups excluding carboxylic acids is 1. The van der Waals surface area contributed by atoms with E-state index in [9.17, 15) is 4.79 Å². The summed E-state index contributed by atoms with van der Waals surface area (Å²) in [5.41, 5.74) is 1.78. The van der Waals surface area contributed by atoms with Crippen LogP contribution in [0.5, 0.6) is 0 Å². The van der Waals surface area contributed by atoms with Crippen molar-refractivity contribution in [2.24, 2.45) is 0 Å². The monoisotopic (exact) mass is 269 g/mol. The molecule has 1 aromatic carbocycles. The van der Waals surface area contributed by atoms with Gasteiger partial charge in [0.2, 0.25) is 0 Å². The topological polar surface area (TPSA) is 50.1 Å². The molecule has 0 atom stereocenters. The number of hydrogen-bond acceptors (Lipinski definition) is 4. The first-order chi connectivity index (χ1) is 8.13. The number of carbonyl (C=O) groups is 1. The van der Waals surface area contributed by atoms with Crippen molar-refractivity contribution in [1.29, 1.82) is 5.26 Å². The van der Waals surface area contributed by atoms with Gasteiger partial charge < -0.3 is 4.74 Å². The number of ether oxygens (including phenoxy) is 1. The van der Waals surface area contributed by atoms with E-state index in [2.05, 4.69) is 12.6 Å². The van der Waals surface area contributed by atoms with E-state index in [1.807, 2.05) is 6.07 Å². The molecule has 0 saturated heterocycles. The Morgan fingerprint density at radius 3 is 2.71 bits per heavy atom. The quantitative estimate of drug-likeness (QED) is 0.519. The van der Waals surface area contributed by atoms with Gasteiger partial charge in [0.15, 0.2) is 0 Å². The number of esters is 1. The predicted octanol–water partition coefficient (Wildman–Crippen LogP) is 2.69. The summed E-state index contributed by atoms with van der Waals surface area (Å²) in [4.78, 5) is 11.9. The highest BCUT2D eigenvalue weighted by molar-refractivity contribution is 7.80. The van der Waals surface area contributed by atoms with E-state index >= 15 is 0 Å². The summed E-state index contributed by atoms with van der Waals surface area (Å²) in [6.45, 7) is 2.07. The van der Waals surface area contributed by atoms with E-state index in [1.165, 1.54) is 0 Å². The van der Waals surface area contributed by atoms with Crippen LogP contribution in [0.3, 0.4) is 0 Å². The third-order valence-electron chi connectivity index (χ3n) is 2.24. The Bertz CT molecular complexity index is 468. The molecule has 0 amide bonds. The van der Waals surface area contributed by atoms with Crippen LogP contribution in [0, 0.1) is 11.3 Å². The van der Waals surface area contributed by atoms with Crippen molar-refractivity contribution in [3.63, 3.8) is 0 Å². The Labute approximate surface area is 111 Å². The zero-order valence-corrected chi connectivity index (χ0v) is 11.0. The highest BCUT2D eigenvalue weighted by Crippen LogP contribution is 2.24. The predicted molar refractivity (Wildman–Crippen MR) is 68.3 cm³/mol. The Kier molecular flexibility index (Phi) is 5.33. The first kappa shape index (κ1) is 13.9. The summed E-state index contributed by atoms with van der Waals surface area (Å²) in [5.74, 6) is -0.0666. The lowest BCUT2D eigenvalue weighted by Gasteiger charge is -2.09. The summed E-state index contributed by atoms with van der Waals surface area (Å²) in [6.07, 6.45) is 0.0762. The van der Waals surface area contributed by atoms with Crippen LogP contribution in [0.15, 0.2) is 17.0 Å². The molecule has 0 spiro atoms. The van der Waals surface area contributed by atoms with Gasteiger partial charge in [-0.05, 0) is 18.1 Å². The fraction of sp³-hybridized carbons (Fsp3) is 0.333. The van der Waals surface area contributed by atoms with Crippen LogP contribution in [0.25, 0.3) is 0 Å². The number of hydrogen-bond donors (Lipinski definition) is 1. The molecule has 0 N–H and O–H groups in total. The molecular formula is C12H12ClNO2S. The number of alkyl halides is 1. The average molecular weight is 270 g/mol. The average Bonchev–Trinajstić information content (AvgIpc) is 2.30. The van der Waals surface area contributed by atoms with Crippen LogP contribution in [0.2, 0.25) is 0 Å². The molecule has 0 aliphatic rings. The maximum absolute atomic E-state index is 11.4. The number of nitriles is 1. The smallest absolute Gasteiger partial charge is 0.310 e. The van der Waals surface area contributed by atoms with Crippen LogP contribution in [0.4, 0.5) is 0 Å². The lowest BCUT2D eigenvalue weighted by molar-refractivity contribution is -0.142. The normalized spacial score (nSPS) is 9.76. The molecule has 0 radical (unpaired) electrons. The van der Waals surface area contributed by atoms with Gasteiger partial charge in [-0.2, -0.15) is 5.26 Å². The first-order valence-corrected chi connectivity index (χ1v) is 6.07. The minimum absolute atomic E-state index is 0.0762. The number of halogens is 1. The third kappa shape index (κ3) is 3.39. The third-order valence-corrected chi connectivity index (χ3v) is 3.04. The summed E-state index contributed by atoms with van der Waals surface area (Å²) < 4.78 is 4.84. The fourth-order valence-electron chi connectivity index (χ4n) is 1.42. The van der Waals surface area contributed by atoms with Crippen molar-refractivity contribution in [1.82, 2.24) is 0 Å². The van der Waals surface area contributed by atoms with Crippen molar-refractivity contribution in [2.45, 2.75) is 24.1 Å². The molecule has 90 valence electrons. The van der Waals surface area contributed by atoms with Crippen molar-refractivity contribution in [3.8, 4) is 6.07 Å². The summed E-state index contributed by atoms with van der Waals surface area (Å²) in [5, 5.41) is 9.07. The molecule has 1 rings (SSSR count). The van der Waals surface area contributed by atoms with E-state index in [0.717, 1.165) is 5.56 Å². The molecule has 0 bridgehead atoms. The number of nitrogens with zero attached hydrogens (tertiary/aromatic N) is 1. The summed E-state index contributed by atoms with van der Waals surface area (Å²) >= 11 is 9.98. The van der Waals surface area contributed by atoms with E-state index in [4.69, 9.17) is 21.6 Å². The van der Waals surface area contributed by atoms with Crippen LogP contribution < -0.4 is 0 Å². The minimum atomic E-state index is -0.352. The van der Waals surface area contributed by atoms with Crippen molar-refractivity contribution in [3.05, 3.63) is 28.8 Å². The maximum Gasteiger partial charge on any atom is 0.310 e. The van der Waals surface area contributed by atoms with Gasteiger partial charge in [-0.25, -0.2) is 0 Å². The van der Waals surface area contributed by atoms with Crippen LogP contribution in [-0.4, -0.2) is 12.6 Å². The Balaban J connectivity index is 3.06. The molecule has 0 unspecified atom stereocenters. The van der Waals surface area contributed by atoms with Gasteiger partial charge in [0, 0.05) is 10.8 Å². The molecule has 1 aromatic rings.